The lowest BCUT2D eigenvalue weighted by molar-refractivity contribution is 0.611. The van der Waals surface area contributed by atoms with E-state index in [1.807, 2.05) is 13.8 Å². The van der Waals surface area contributed by atoms with Crippen LogP contribution in [-0.4, -0.2) is 0 Å². The van der Waals surface area contributed by atoms with E-state index in [2.05, 4.69) is 47.6 Å². The molecule has 0 amide bonds. The second-order valence-electron chi connectivity index (χ2n) is 5.43. The van der Waals surface area contributed by atoms with Gasteiger partial charge in [-0.3, -0.25) is 0 Å². The Kier molecular flexibility index (Phi) is 15.2. The fourth-order valence-electron chi connectivity index (χ4n) is 2.39. The van der Waals surface area contributed by atoms with Crippen molar-refractivity contribution < 1.29 is 0 Å². The lowest BCUT2D eigenvalue weighted by Crippen LogP contribution is -1.84. The van der Waals surface area contributed by atoms with Gasteiger partial charge in [0.25, 0.3) is 0 Å². The first kappa shape index (κ1) is 20.8. The van der Waals surface area contributed by atoms with Gasteiger partial charge >= 0.3 is 0 Å². The molecule has 0 radical (unpaired) electrons. The Bertz CT molecular complexity index is 251. The van der Waals surface area contributed by atoms with E-state index in [0.717, 1.165) is 5.92 Å². The molecule has 1 atom stereocenters. The van der Waals surface area contributed by atoms with Crippen LogP contribution in [0.1, 0.15) is 93.9 Å². The van der Waals surface area contributed by atoms with Crippen LogP contribution in [0.25, 0.3) is 0 Å². The van der Waals surface area contributed by atoms with Crippen LogP contribution in [0.15, 0.2) is 22.8 Å². The molecule has 0 heteroatoms. The van der Waals surface area contributed by atoms with Gasteiger partial charge in [0.1, 0.15) is 0 Å². The molecule has 0 aromatic rings. The average molecular weight is 267 g/mol. The SMILES string of the molecule is CC.CCC1C=C(C)CC1.CCCC(CC)=C(C)C. The summed E-state index contributed by atoms with van der Waals surface area (Å²) in [6.07, 6.45) is 10.3. The summed E-state index contributed by atoms with van der Waals surface area (Å²) < 4.78 is 0. The minimum absolute atomic E-state index is 0.912. The summed E-state index contributed by atoms with van der Waals surface area (Å²) in [6, 6.07) is 0. The van der Waals surface area contributed by atoms with Crippen LogP contribution < -0.4 is 0 Å². The lowest BCUT2D eigenvalue weighted by atomic mass is 10.0. The van der Waals surface area contributed by atoms with E-state index >= 15 is 0 Å². The fraction of sp³-hybridized carbons (Fsp3) is 0.789. The van der Waals surface area contributed by atoms with Gasteiger partial charge < -0.3 is 0 Å². The monoisotopic (exact) mass is 266 g/mol. The minimum atomic E-state index is 0.912. The van der Waals surface area contributed by atoms with E-state index in [9.17, 15) is 0 Å². The van der Waals surface area contributed by atoms with E-state index in [1.165, 1.54) is 44.1 Å². The highest BCUT2D eigenvalue weighted by molar-refractivity contribution is 5.08. The Hall–Kier alpha value is -0.520. The quantitative estimate of drug-likeness (QED) is 0.468. The normalized spacial score (nSPS) is 16.6. The second kappa shape index (κ2) is 13.9. The van der Waals surface area contributed by atoms with E-state index in [0.29, 0.717) is 0 Å². The lowest BCUT2D eigenvalue weighted by Gasteiger charge is -2.03. The van der Waals surface area contributed by atoms with Crippen molar-refractivity contribution in [1.29, 1.82) is 0 Å². The van der Waals surface area contributed by atoms with Crippen molar-refractivity contribution in [1.82, 2.24) is 0 Å². The molecule has 1 aliphatic carbocycles. The Morgan fingerprint density at radius 1 is 1.16 bits per heavy atom. The zero-order chi connectivity index (χ0) is 15.3. The molecule has 0 spiro atoms. The highest BCUT2D eigenvalue weighted by Gasteiger charge is 2.09. The van der Waals surface area contributed by atoms with Crippen molar-refractivity contribution >= 4 is 0 Å². The molecule has 0 N–H and O–H groups in total. The molecule has 1 unspecified atom stereocenters. The molecule has 1 aliphatic rings. The van der Waals surface area contributed by atoms with Gasteiger partial charge in [0.2, 0.25) is 0 Å². The van der Waals surface area contributed by atoms with Crippen LogP contribution in [-0.2, 0) is 0 Å². The Morgan fingerprint density at radius 2 is 1.74 bits per heavy atom. The smallest absolute Gasteiger partial charge is 0.0231 e. The molecule has 0 bridgehead atoms. The molecule has 0 aliphatic heterocycles. The van der Waals surface area contributed by atoms with Gasteiger partial charge in [-0.25, -0.2) is 0 Å². The Morgan fingerprint density at radius 3 is 1.89 bits per heavy atom. The van der Waals surface area contributed by atoms with Gasteiger partial charge in [-0.05, 0) is 58.8 Å². The molecule has 0 aromatic carbocycles. The summed E-state index contributed by atoms with van der Waals surface area (Å²) in [5.41, 5.74) is 4.74. The molecular weight excluding hydrogens is 228 g/mol. The molecular formula is C19H38. The summed E-state index contributed by atoms with van der Waals surface area (Å²) in [4.78, 5) is 0. The van der Waals surface area contributed by atoms with E-state index in [1.54, 1.807) is 11.1 Å². The van der Waals surface area contributed by atoms with Crippen molar-refractivity contribution in [2.24, 2.45) is 5.92 Å². The molecule has 0 saturated heterocycles. The molecule has 0 fully saturated rings. The van der Waals surface area contributed by atoms with Crippen molar-refractivity contribution in [2.45, 2.75) is 93.9 Å². The molecule has 0 saturated carbocycles. The van der Waals surface area contributed by atoms with Crippen molar-refractivity contribution in [3.05, 3.63) is 22.8 Å². The van der Waals surface area contributed by atoms with Crippen molar-refractivity contribution in [3.8, 4) is 0 Å². The van der Waals surface area contributed by atoms with Gasteiger partial charge in [-0.1, -0.05) is 63.8 Å². The maximum Gasteiger partial charge on any atom is -0.0231 e. The first-order chi connectivity index (χ1) is 9.04. The minimum Gasteiger partial charge on any atom is -0.0825 e. The second-order valence-corrected chi connectivity index (χ2v) is 5.43. The third kappa shape index (κ3) is 11.0. The third-order valence-corrected chi connectivity index (χ3v) is 3.64. The highest BCUT2D eigenvalue weighted by Crippen LogP contribution is 2.25. The summed E-state index contributed by atoms with van der Waals surface area (Å²) >= 11 is 0. The van der Waals surface area contributed by atoms with Crippen LogP contribution in [0.2, 0.25) is 0 Å². The van der Waals surface area contributed by atoms with Crippen LogP contribution in [0.3, 0.4) is 0 Å². The number of allylic oxidation sites excluding steroid dienone is 4. The largest absolute Gasteiger partial charge is 0.0825 e. The summed E-state index contributed by atoms with van der Waals surface area (Å²) in [5, 5.41) is 0. The maximum atomic E-state index is 2.42. The van der Waals surface area contributed by atoms with Crippen molar-refractivity contribution in [3.63, 3.8) is 0 Å². The molecule has 0 heterocycles. The van der Waals surface area contributed by atoms with Gasteiger partial charge in [-0.2, -0.15) is 0 Å². The molecule has 114 valence electrons. The van der Waals surface area contributed by atoms with Gasteiger partial charge in [0.15, 0.2) is 0 Å². The van der Waals surface area contributed by atoms with Gasteiger partial charge in [-0.15, -0.1) is 0 Å². The maximum absolute atomic E-state index is 2.42. The topological polar surface area (TPSA) is 0 Å². The van der Waals surface area contributed by atoms with E-state index in [-0.39, 0.29) is 0 Å². The van der Waals surface area contributed by atoms with E-state index in [4.69, 9.17) is 0 Å². The fourth-order valence-corrected chi connectivity index (χ4v) is 2.39. The average Bonchev–Trinajstić information content (AvgIpc) is 2.84. The molecule has 19 heavy (non-hydrogen) atoms. The zero-order valence-corrected chi connectivity index (χ0v) is 14.9. The van der Waals surface area contributed by atoms with E-state index < -0.39 is 0 Å². The Labute approximate surface area is 123 Å². The van der Waals surface area contributed by atoms with Gasteiger partial charge in [0, 0.05) is 0 Å². The first-order valence-corrected chi connectivity index (χ1v) is 8.37. The number of rotatable bonds is 4. The standard InChI is InChI=1S/C9H18.C8H14.C2H6/c1-5-7-9(6-2)8(3)4;1-3-8-5-4-7(2)6-8;1-2/h5-7H2,1-4H3;6,8H,3-5H2,1-2H3;1-2H3. The zero-order valence-electron chi connectivity index (χ0n) is 14.9. The molecule has 0 aromatic heterocycles. The highest BCUT2D eigenvalue weighted by atomic mass is 14.1. The van der Waals surface area contributed by atoms with Crippen LogP contribution in [0.5, 0.6) is 0 Å². The summed E-state index contributed by atoms with van der Waals surface area (Å²) in [7, 11) is 0. The van der Waals surface area contributed by atoms with Gasteiger partial charge in [0.05, 0.1) is 0 Å². The van der Waals surface area contributed by atoms with Crippen LogP contribution in [0, 0.1) is 5.92 Å². The number of hydrogen-bond donors (Lipinski definition) is 0. The Balaban J connectivity index is 0. The predicted molar refractivity (Wildman–Crippen MR) is 91.7 cm³/mol. The summed E-state index contributed by atoms with van der Waals surface area (Å²) in [6.45, 7) is 17.4. The van der Waals surface area contributed by atoms with Crippen LogP contribution in [0.4, 0.5) is 0 Å². The number of hydrogen-bond acceptors (Lipinski definition) is 0. The van der Waals surface area contributed by atoms with Crippen molar-refractivity contribution in [2.75, 3.05) is 0 Å². The third-order valence-electron chi connectivity index (χ3n) is 3.64. The predicted octanol–water partition coefficient (Wildman–Crippen LogP) is 7.31. The first-order valence-electron chi connectivity index (χ1n) is 8.37. The van der Waals surface area contributed by atoms with Crippen LogP contribution >= 0.6 is 0 Å². The molecule has 1 rings (SSSR count). The summed E-state index contributed by atoms with van der Waals surface area (Å²) in [5.74, 6) is 0.912. The molecule has 0 nitrogen and oxygen atoms in total.